The first-order valence-electron chi connectivity index (χ1n) is 9.79. The molecule has 0 bridgehead atoms. The standard InChI is InChI=1S/C22H29FN2O4S/c1-6-16(2)25(21(26)24-22(3,4)5)15-17-9-7-8-10-20(17)29-30(27,28)19-13-11-18(23)12-14-19/h7-14,16H,6,15H2,1-5H3,(H,24,26). The first kappa shape index (κ1) is 23.7. The summed E-state index contributed by atoms with van der Waals surface area (Å²) in [4.78, 5) is 14.3. The molecular weight excluding hydrogens is 407 g/mol. The Morgan fingerprint density at radius 3 is 2.30 bits per heavy atom. The lowest BCUT2D eigenvalue weighted by Crippen LogP contribution is -2.50. The van der Waals surface area contributed by atoms with Crippen LogP contribution in [0.5, 0.6) is 5.75 Å². The van der Waals surface area contributed by atoms with Gasteiger partial charge in [0.05, 0.1) is 6.54 Å². The minimum atomic E-state index is -4.15. The van der Waals surface area contributed by atoms with Gasteiger partial charge in [-0.2, -0.15) is 8.42 Å². The van der Waals surface area contributed by atoms with Gasteiger partial charge in [0.2, 0.25) is 0 Å². The second kappa shape index (κ2) is 9.47. The minimum absolute atomic E-state index is 0.0749. The molecule has 1 atom stereocenters. The van der Waals surface area contributed by atoms with E-state index in [4.69, 9.17) is 4.18 Å². The smallest absolute Gasteiger partial charge is 0.339 e. The Kier molecular flexibility index (Phi) is 7.47. The Morgan fingerprint density at radius 2 is 1.73 bits per heavy atom. The molecule has 0 aliphatic heterocycles. The molecule has 0 saturated heterocycles. The van der Waals surface area contributed by atoms with E-state index in [-0.39, 0.29) is 29.3 Å². The zero-order valence-corrected chi connectivity index (χ0v) is 18.8. The fraction of sp³-hybridized carbons (Fsp3) is 0.409. The second-order valence-corrected chi connectivity index (χ2v) is 9.71. The van der Waals surface area contributed by atoms with Crippen LogP contribution in [0.15, 0.2) is 53.4 Å². The lowest BCUT2D eigenvalue weighted by molar-refractivity contribution is 0.164. The first-order chi connectivity index (χ1) is 13.9. The molecule has 0 aliphatic carbocycles. The van der Waals surface area contributed by atoms with Gasteiger partial charge in [-0.25, -0.2) is 9.18 Å². The number of urea groups is 1. The lowest BCUT2D eigenvalue weighted by atomic mass is 10.1. The summed E-state index contributed by atoms with van der Waals surface area (Å²) in [5, 5.41) is 2.95. The summed E-state index contributed by atoms with van der Waals surface area (Å²) in [6, 6.07) is 10.8. The van der Waals surface area contributed by atoms with Crippen LogP contribution in [0.4, 0.5) is 9.18 Å². The number of nitrogens with one attached hydrogen (secondary N) is 1. The maximum atomic E-state index is 13.1. The van der Waals surface area contributed by atoms with Crippen molar-refractivity contribution >= 4 is 16.1 Å². The number of carbonyl (C=O) groups is 1. The van der Waals surface area contributed by atoms with Gasteiger partial charge in [-0.05, 0) is 64.4 Å². The van der Waals surface area contributed by atoms with E-state index < -0.39 is 21.5 Å². The number of benzene rings is 2. The Morgan fingerprint density at radius 1 is 1.13 bits per heavy atom. The van der Waals surface area contributed by atoms with Crippen molar-refractivity contribution in [3.63, 3.8) is 0 Å². The van der Waals surface area contributed by atoms with Crippen LogP contribution < -0.4 is 9.50 Å². The molecule has 6 nitrogen and oxygen atoms in total. The number of nitrogens with zero attached hydrogens (tertiary/aromatic N) is 1. The summed E-state index contributed by atoms with van der Waals surface area (Å²) in [6.45, 7) is 9.76. The Hall–Kier alpha value is -2.61. The van der Waals surface area contributed by atoms with E-state index in [0.29, 0.717) is 5.56 Å². The molecule has 0 saturated carbocycles. The monoisotopic (exact) mass is 436 g/mol. The van der Waals surface area contributed by atoms with Crippen molar-refractivity contribution in [1.29, 1.82) is 0 Å². The van der Waals surface area contributed by atoms with Crippen molar-refractivity contribution in [3.8, 4) is 5.75 Å². The van der Waals surface area contributed by atoms with Crippen molar-refractivity contribution in [2.24, 2.45) is 0 Å². The molecule has 0 spiro atoms. The third kappa shape index (κ3) is 6.45. The van der Waals surface area contributed by atoms with Crippen LogP contribution in [-0.4, -0.2) is 30.9 Å². The average molecular weight is 437 g/mol. The second-order valence-electron chi connectivity index (χ2n) is 8.16. The number of hydrogen-bond donors (Lipinski definition) is 1. The molecule has 0 fully saturated rings. The van der Waals surface area contributed by atoms with Crippen LogP contribution in [0.1, 0.15) is 46.6 Å². The van der Waals surface area contributed by atoms with E-state index in [1.165, 1.54) is 6.07 Å². The van der Waals surface area contributed by atoms with E-state index in [0.717, 1.165) is 30.7 Å². The summed E-state index contributed by atoms with van der Waals surface area (Å²) in [5.41, 5.74) is 0.137. The molecule has 2 aromatic carbocycles. The van der Waals surface area contributed by atoms with Crippen molar-refractivity contribution in [1.82, 2.24) is 10.2 Å². The van der Waals surface area contributed by atoms with Crippen LogP contribution in [0.2, 0.25) is 0 Å². The molecule has 30 heavy (non-hydrogen) atoms. The fourth-order valence-corrected chi connectivity index (χ4v) is 3.67. The van der Waals surface area contributed by atoms with Gasteiger partial charge in [-0.3, -0.25) is 0 Å². The highest BCUT2D eigenvalue weighted by Crippen LogP contribution is 2.25. The van der Waals surface area contributed by atoms with E-state index in [2.05, 4.69) is 5.32 Å². The molecule has 1 N–H and O–H groups in total. The number of carbonyl (C=O) groups excluding carboxylic acids is 1. The maximum Gasteiger partial charge on any atom is 0.339 e. The third-order valence-electron chi connectivity index (χ3n) is 4.48. The molecule has 2 rings (SSSR count). The number of amides is 2. The summed E-state index contributed by atoms with van der Waals surface area (Å²) in [7, 11) is -4.15. The summed E-state index contributed by atoms with van der Waals surface area (Å²) < 4.78 is 43.7. The normalized spacial score (nSPS) is 12.9. The first-order valence-corrected chi connectivity index (χ1v) is 11.2. The Balaban J connectivity index is 2.32. The number of hydrogen-bond acceptors (Lipinski definition) is 4. The number of halogens is 1. The molecule has 2 aromatic rings. The van der Waals surface area contributed by atoms with E-state index >= 15 is 0 Å². The summed E-state index contributed by atoms with van der Waals surface area (Å²) >= 11 is 0. The van der Waals surface area contributed by atoms with Crippen molar-refractivity contribution in [2.45, 2.75) is 64.1 Å². The topological polar surface area (TPSA) is 75.7 Å². The molecule has 0 aromatic heterocycles. The van der Waals surface area contributed by atoms with Gasteiger partial charge < -0.3 is 14.4 Å². The molecular formula is C22H29FN2O4S. The van der Waals surface area contributed by atoms with Gasteiger partial charge in [-0.1, -0.05) is 25.1 Å². The SMILES string of the molecule is CCC(C)N(Cc1ccccc1OS(=O)(=O)c1ccc(F)cc1)C(=O)NC(C)(C)C. The minimum Gasteiger partial charge on any atom is -0.379 e. The Bertz CT molecular complexity index is 969. The van der Waals surface area contributed by atoms with E-state index in [9.17, 15) is 17.6 Å². The van der Waals surface area contributed by atoms with Crippen LogP contribution in [0.25, 0.3) is 0 Å². The highest BCUT2D eigenvalue weighted by Gasteiger charge is 2.25. The highest BCUT2D eigenvalue weighted by molar-refractivity contribution is 7.87. The lowest BCUT2D eigenvalue weighted by Gasteiger charge is -2.32. The highest BCUT2D eigenvalue weighted by atomic mass is 32.2. The zero-order valence-electron chi connectivity index (χ0n) is 18.0. The van der Waals surface area contributed by atoms with Gasteiger partial charge in [0.25, 0.3) is 0 Å². The van der Waals surface area contributed by atoms with Gasteiger partial charge in [0, 0.05) is 17.1 Å². The van der Waals surface area contributed by atoms with Crippen LogP contribution in [0, 0.1) is 5.82 Å². The maximum absolute atomic E-state index is 13.1. The molecule has 2 amide bonds. The molecule has 8 heteroatoms. The predicted molar refractivity (Wildman–Crippen MR) is 114 cm³/mol. The van der Waals surface area contributed by atoms with E-state index in [1.54, 1.807) is 23.1 Å². The molecule has 0 aliphatic rings. The number of para-hydroxylation sites is 1. The summed E-state index contributed by atoms with van der Waals surface area (Å²) in [6.07, 6.45) is 0.731. The third-order valence-corrected chi connectivity index (χ3v) is 5.73. The van der Waals surface area contributed by atoms with Crippen LogP contribution in [-0.2, 0) is 16.7 Å². The molecule has 0 heterocycles. The molecule has 164 valence electrons. The fourth-order valence-electron chi connectivity index (χ4n) is 2.71. The molecule has 1 unspecified atom stereocenters. The zero-order chi connectivity index (χ0) is 22.5. The number of rotatable bonds is 7. The largest absolute Gasteiger partial charge is 0.379 e. The van der Waals surface area contributed by atoms with Crippen molar-refractivity contribution in [3.05, 3.63) is 59.9 Å². The Labute approximate surface area is 178 Å². The average Bonchev–Trinajstić information content (AvgIpc) is 2.65. The van der Waals surface area contributed by atoms with Crippen LogP contribution >= 0.6 is 0 Å². The van der Waals surface area contributed by atoms with Gasteiger partial charge in [0.1, 0.15) is 16.5 Å². The quantitative estimate of drug-likeness (QED) is 0.638. The van der Waals surface area contributed by atoms with Crippen molar-refractivity contribution in [2.75, 3.05) is 0 Å². The van der Waals surface area contributed by atoms with Crippen LogP contribution in [0.3, 0.4) is 0 Å². The van der Waals surface area contributed by atoms with Gasteiger partial charge in [0.15, 0.2) is 0 Å². The molecule has 0 radical (unpaired) electrons. The predicted octanol–water partition coefficient (Wildman–Crippen LogP) is 4.70. The van der Waals surface area contributed by atoms with E-state index in [1.807, 2.05) is 34.6 Å². The van der Waals surface area contributed by atoms with Gasteiger partial charge in [-0.15, -0.1) is 0 Å². The van der Waals surface area contributed by atoms with Gasteiger partial charge >= 0.3 is 16.1 Å². The van der Waals surface area contributed by atoms with Crippen molar-refractivity contribution < 1.29 is 21.8 Å². The summed E-state index contributed by atoms with van der Waals surface area (Å²) in [5.74, 6) is -0.415.